The van der Waals surface area contributed by atoms with Crippen LogP contribution >= 0.6 is 24.0 Å². The summed E-state index contributed by atoms with van der Waals surface area (Å²) in [6, 6.07) is 7.87. The number of anilines is 1. The Bertz CT molecular complexity index is 637. The van der Waals surface area contributed by atoms with E-state index in [1.807, 2.05) is 31.2 Å². The summed E-state index contributed by atoms with van der Waals surface area (Å²) in [4.78, 5) is 18.4. The van der Waals surface area contributed by atoms with Gasteiger partial charge in [0.1, 0.15) is 0 Å². The molecule has 0 radical (unpaired) electrons. The molecule has 0 atom stereocenters. The van der Waals surface area contributed by atoms with Gasteiger partial charge >= 0.3 is 6.18 Å². The predicted octanol–water partition coefficient (Wildman–Crippen LogP) is 3.48. The van der Waals surface area contributed by atoms with E-state index in [1.165, 1.54) is 5.56 Å². The molecule has 1 heterocycles. The largest absolute Gasteiger partial charge is 0.390 e. The van der Waals surface area contributed by atoms with Gasteiger partial charge in [0.2, 0.25) is 5.91 Å². The van der Waals surface area contributed by atoms with Gasteiger partial charge in [-0.1, -0.05) is 18.2 Å². The summed E-state index contributed by atoms with van der Waals surface area (Å²) in [6.45, 7) is 3.25. The topological polar surface area (TPSA) is 56.7 Å². The van der Waals surface area contributed by atoms with Crippen molar-refractivity contribution in [2.24, 2.45) is 4.99 Å². The number of fused-ring (bicyclic) bond motifs is 1. The average molecular weight is 498 g/mol. The van der Waals surface area contributed by atoms with Crippen molar-refractivity contribution in [2.45, 2.75) is 38.8 Å². The van der Waals surface area contributed by atoms with Crippen molar-refractivity contribution >= 4 is 41.5 Å². The number of amides is 1. The quantitative estimate of drug-likeness (QED) is 0.262. The Labute approximate surface area is 174 Å². The highest BCUT2D eigenvalue weighted by Gasteiger charge is 2.26. The van der Waals surface area contributed by atoms with Crippen LogP contribution in [0.3, 0.4) is 0 Å². The Morgan fingerprint density at radius 3 is 2.70 bits per heavy atom. The second-order valence-electron chi connectivity index (χ2n) is 6.08. The van der Waals surface area contributed by atoms with Crippen LogP contribution in [0.2, 0.25) is 0 Å². The van der Waals surface area contributed by atoms with Gasteiger partial charge in [-0.2, -0.15) is 13.2 Å². The van der Waals surface area contributed by atoms with E-state index in [1.54, 1.807) is 4.90 Å². The number of hydrogen-bond acceptors (Lipinski definition) is 2. The summed E-state index contributed by atoms with van der Waals surface area (Å²) >= 11 is 0. The molecule has 1 amide bonds. The van der Waals surface area contributed by atoms with Crippen LogP contribution in [0.1, 0.15) is 31.7 Å². The number of halogens is 4. The molecule has 2 N–H and O–H groups in total. The Hall–Kier alpha value is -1.52. The van der Waals surface area contributed by atoms with Crippen molar-refractivity contribution in [3.63, 3.8) is 0 Å². The molecule has 1 aromatic carbocycles. The second kappa shape index (κ2) is 11.4. The minimum Gasteiger partial charge on any atom is -0.357 e. The van der Waals surface area contributed by atoms with E-state index >= 15 is 0 Å². The zero-order chi connectivity index (χ0) is 19.0. The van der Waals surface area contributed by atoms with Gasteiger partial charge in [0.05, 0.1) is 6.42 Å². The maximum atomic E-state index is 12.4. The Morgan fingerprint density at radius 2 is 2.00 bits per heavy atom. The SMILES string of the molecule is CCNC(=NCCCC(=O)N1CCc2ccccc21)NCCC(F)(F)F.I. The predicted molar refractivity (Wildman–Crippen MR) is 112 cm³/mol. The molecule has 0 bridgehead atoms. The zero-order valence-corrected chi connectivity index (χ0v) is 17.6. The molecule has 0 saturated heterocycles. The van der Waals surface area contributed by atoms with Crippen LogP contribution in [0, 0.1) is 0 Å². The first-order valence-electron chi connectivity index (χ1n) is 8.88. The highest BCUT2D eigenvalue weighted by Crippen LogP contribution is 2.28. The first-order chi connectivity index (χ1) is 12.4. The number of hydrogen-bond donors (Lipinski definition) is 2. The van der Waals surface area contributed by atoms with Gasteiger partial charge in [-0.15, -0.1) is 24.0 Å². The van der Waals surface area contributed by atoms with Gasteiger partial charge in [0, 0.05) is 38.3 Å². The van der Waals surface area contributed by atoms with Crippen molar-refractivity contribution in [3.05, 3.63) is 29.8 Å². The lowest BCUT2D eigenvalue weighted by Crippen LogP contribution is -2.39. The van der Waals surface area contributed by atoms with E-state index in [0.29, 0.717) is 38.4 Å². The molecule has 9 heteroatoms. The molecule has 0 spiro atoms. The fourth-order valence-electron chi connectivity index (χ4n) is 2.82. The van der Waals surface area contributed by atoms with Crippen LogP contribution in [0.4, 0.5) is 18.9 Å². The van der Waals surface area contributed by atoms with Gasteiger partial charge in [-0.25, -0.2) is 0 Å². The van der Waals surface area contributed by atoms with Crippen LogP contribution < -0.4 is 15.5 Å². The number of nitrogens with zero attached hydrogens (tertiary/aromatic N) is 2. The van der Waals surface area contributed by atoms with E-state index < -0.39 is 12.6 Å². The smallest absolute Gasteiger partial charge is 0.357 e. The van der Waals surface area contributed by atoms with Crippen LogP contribution in [-0.2, 0) is 11.2 Å². The standard InChI is InChI=1S/C18H25F3N4O.HI/c1-2-22-17(24-12-10-18(19,20)21)23-11-5-8-16(26)25-13-9-14-6-3-4-7-15(14)25;/h3-4,6-7H,2,5,8-13H2,1H3,(H2,22,23,24);1H. The molecule has 0 saturated carbocycles. The van der Waals surface area contributed by atoms with Crippen molar-refractivity contribution in [1.82, 2.24) is 10.6 Å². The molecule has 0 fully saturated rings. The molecule has 1 aliphatic heterocycles. The minimum atomic E-state index is -4.19. The average Bonchev–Trinajstić information content (AvgIpc) is 3.01. The van der Waals surface area contributed by atoms with E-state index in [2.05, 4.69) is 15.6 Å². The number of carbonyl (C=O) groups is 1. The molecule has 27 heavy (non-hydrogen) atoms. The number of alkyl halides is 3. The van der Waals surface area contributed by atoms with Gasteiger partial charge < -0.3 is 15.5 Å². The highest BCUT2D eigenvalue weighted by atomic mass is 127. The molecule has 0 unspecified atom stereocenters. The number of nitrogens with one attached hydrogen (secondary N) is 2. The van der Waals surface area contributed by atoms with Crippen LogP contribution in [0.25, 0.3) is 0 Å². The first kappa shape index (κ1) is 23.5. The van der Waals surface area contributed by atoms with Crippen LogP contribution in [-0.4, -0.2) is 44.2 Å². The number of carbonyl (C=O) groups excluding carboxylic acids is 1. The molecule has 1 aliphatic rings. The molecule has 2 rings (SSSR count). The maximum absolute atomic E-state index is 12.4. The van der Waals surface area contributed by atoms with Gasteiger partial charge in [-0.3, -0.25) is 9.79 Å². The lowest BCUT2D eigenvalue weighted by Gasteiger charge is -2.17. The van der Waals surface area contributed by atoms with Crippen molar-refractivity contribution in [3.8, 4) is 0 Å². The van der Waals surface area contributed by atoms with Crippen molar-refractivity contribution < 1.29 is 18.0 Å². The van der Waals surface area contributed by atoms with Gasteiger partial charge in [-0.05, 0) is 31.4 Å². The summed E-state index contributed by atoms with van der Waals surface area (Å²) in [5, 5.41) is 5.56. The van der Waals surface area contributed by atoms with E-state index in [9.17, 15) is 18.0 Å². The molecule has 5 nitrogen and oxygen atoms in total. The fourth-order valence-corrected chi connectivity index (χ4v) is 2.82. The molecule has 1 aromatic rings. The van der Waals surface area contributed by atoms with E-state index in [-0.39, 0.29) is 36.4 Å². The lowest BCUT2D eigenvalue weighted by molar-refractivity contribution is -0.132. The number of para-hydroxylation sites is 1. The monoisotopic (exact) mass is 498 g/mol. The summed E-state index contributed by atoms with van der Waals surface area (Å²) in [7, 11) is 0. The summed E-state index contributed by atoms with van der Waals surface area (Å²) in [6.07, 6.45) is -3.33. The van der Waals surface area contributed by atoms with E-state index in [0.717, 1.165) is 12.1 Å². The summed E-state index contributed by atoms with van der Waals surface area (Å²) < 4.78 is 36.6. The Kier molecular flexibility index (Phi) is 9.89. The summed E-state index contributed by atoms with van der Waals surface area (Å²) in [5.74, 6) is 0.399. The first-order valence-corrected chi connectivity index (χ1v) is 8.88. The maximum Gasteiger partial charge on any atom is 0.390 e. The van der Waals surface area contributed by atoms with Crippen LogP contribution in [0.5, 0.6) is 0 Å². The number of benzene rings is 1. The molecule has 152 valence electrons. The molecule has 0 aliphatic carbocycles. The van der Waals surface area contributed by atoms with Gasteiger partial charge in [0.15, 0.2) is 5.96 Å². The zero-order valence-electron chi connectivity index (χ0n) is 15.3. The minimum absolute atomic E-state index is 0. The van der Waals surface area contributed by atoms with Crippen molar-refractivity contribution in [2.75, 3.05) is 31.1 Å². The fraction of sp³-hybridized carbons (Fsp3) is 0.556. The Balaban J connectivity index is 0.00000364. The number of aliphatic imine (C=N–C) groups is 1. The van der Waals surface area contributed by atoms with Crippen LogP contribution in [0.15, 0.2) is 29.3 Å². The Morgan fingerprint density at radius 1 is 1.26 bits per heavy atom. The lowest BCUT2D eigenvalue weighted by atomic mass is 10.2. The van der Waals surface area contributed by atoms with Crippen molar-refractivity contribution in [1.29, 1.82) is 0 Å². The second-order valence-corrected chi connectivity index (χ2v) is 6.08. The third-order valence-corrected chi connectivity index (χ3v) is 4.05. The number of rotatable bonds is 7. The third-order valence-electron chi connectivity index (χ3n) is 4.05. The molecular weight excluding hydrogens is 472 g/mol. The normalized spacial score (nSPS) is 13.8. The van der Waals surface area contributed by atoms with E-state index in [4.69, 9.17) is 0 Å². The number of guanidine groups is 1. The van der Waals surface area contributed by atoms with Gasteiger partial charge in [0.25, 0.3) is 0 Å². The summed E-state index contributed by atoms with van der Waals surface area (Å²) in [5.41, 5.74) is 2.16. The highest BCUT2D eigenvalue weighted by molar-refractivity contribution is 14.0. The third kappa shape index (κ3) is 7.94. The molecule has 0 aromatic heterocycles. The molecular formula is C18H26F3IN4O.